The number of rotatable bonds is 5. The summed E-state index contributed by atoms with van der Waals surface area (Å²) < 4.78 is 29.5. The fourth-order valence-electron chi connectivity index (χ4n) is 3.11. The quantitative estimate of drug-likeness (QED) is 0.880. The number of nitrogens with zero attached hydrogens (tertiary/aromatic N) is 5. The molecule has 0 spiro atoms. The van der Waals surface area contributed by atoms with Crippen LogP contribution in [0.5, 0.6) is 0 Å². The van der Waals surface area contributed by atoms with E-state index in [1.165, 1.54) is 10.5 Å². The van der Waals surface area contributed by atoms with Crippen LogP contribution < -0.4 is 5.32 Å². The SMILES string of the molecule is CCn1ncc(S(=O)(=O)N2CCC[C@H]2c2cncc(NC)n2)c1C. The van der Waals surface area contributed by atoms with Gasteiger partial charge in [-0.3, -0.25) is 9.67 Å². The summed E-state index contributed by atoms with van der Waals surface area (Å²) >= 11 is 0. The molecule has 24 heavy (non-hydrogen) atoms. The van der Waals surface area contributed by atoms with Gasteiger partial charge in [-0.05, 0) is 26.7 Å². The monoisotopic (exact) mass is 350 g/mol. The standard InChI is InChI=1S/C15H22N6O2S/c1-4-20-11(2)14(9-18-20)24(22,23)21-7-5-6-13(21)12-8-17-10-15(16-3)19-12/h8-10,13H,4-7H2,1-3H3,(H,16,19)/t13-/m0/s1. The van der Waals surface area contributed by atoms with Crippen LogP contribution >= 0.6 is 0 Å². The van der Waals surface area contributed by atoms with E-state index in [9.17, 15) is 8.42 Å². The average Bonchev–Trinajstić information content (AvgIpc) is 3.22. The first kappa shape index (κ1) is 16.8. The highest BCUT2D eigenvalue weighted by molar-refractivity contribution is 7.89. The first-order chi connectivity index (χ1) is 11.5. The third-order valence-electron chi connectivity index (χ3n) is 4.40. The van der Waals surface area contributed by atoms with Gasteiger partial charge in [-0.25, -0.2) is 13.4 Å². The Kier molecular flexibility index (Phi) is 4.55. The van der Waals surface area contributed by atoms with Crippen molar-refractivity contribution in [2.24, 2.45) is 0 Å². The second-order valence-electron chi connectivity index (χ2n) is 5.76. The second kappa shape index (κ2) is 6.48. The number of aromatic nitrogens is 4. The Balaban J connectivity index is 1.98. The lowest BCUT2D eigenvalue weighted by Crippen LogP contribution is -2.31. The molecular weight excluding hydrogens is 328 g/mol. The largest absolute Gasteiger partial charge is 0.372 e. The van der Waals surface area contributed by atoms with Gasteiger partial charge >= 0.3 is 0 Å². The van der Waals surface area contributed by atoms with Gasteiger partial charge in [0.15, 0.2) is 0 Å². The predicted octanol–water partition coefficient (Wildman–Crippen LogP) is 1.57. The molecule has 0 aromatic carbocycles. The van der Waals surface area contributed by atoms with Crippen molar-refractivity contribution in [1.82, 2.24) is 24.1 Å². The maximum Gasteiger partial charge on any atom is 0.247 e. The molecule has 0 bridgehead atoms. The Labute approximate surface area is 142 Å². The molecule has 0 aliphatic carbocycles. The number of nitrogens with one attached hydrogen (secondary N) is 1. The summed E-state index contributed by atoms with van der Waals surface area (Å²) in [6.07, 6.45) is 6.24. The summed E-state index contributed by atoms with van der Waals surface area (Å²) in [5.74, 6) is 0.631. The summed E-state index contributed by atoms with van der Waals surface area (Å²) in [5.41, 5.74) is 1.33. The van der Waals surface area contributed by atoms with Gasteiger partial charge in [0.2, 0.25) is 10.0 Å². The number of hydrogen-bond donors (Lipinski definition) is 1. The molecule has 0 saturated carbocycles. The minimum atomic E-state index is -3.61. The van der Waals surface area contributed by atoms with Gasteiger partial charge in [-0.15, -0.1) is 0 Å². The number of hydrogen-bond acceptors (Lipinski definition) is 6. The van der Waals surface area contributed by atoms with Gasteiger partial charge in [0.05, 0.1) is 36.0 Å². The molecule has 0 unspecified atom stereocenters. The van der Waals surface area contributed by atoms with Crippen LogP contribution in [0.4, 0.5) is 5.82 Å². The van der Waals surface area contributed by atoms with Crippen LogP contribution in [0, 0.1) is 6.92 Å². The highest BCUT2D eigenvalue weighted by Gasteiger charge is 2.38. The molecule has 1 atom stereocenters. The fourth-order valence-corrected chi connectivity index (χ4v) is 4.94. The molecule has 1 aliphatic heterocycles. The van der Waals surface area contributed by atoms with Crippen LogP contribution in [0.1, 0.15) is 37.2 Å². The second-order valence-corrected chi connectivity index (χ2v) is 7.62. The van der Waals surface area contributed by atoms with Crippen molar-refractivity contribution in [3.63, 3.8) is 0 Å². The van der Waals surface area contributed by atoms with Crippen molar-refractivity contribution in [1.29, 1.82) is 0 Å². The first-order valence-corrected chi connectivity index (χ1v) is 9.47. The molecule has 3 rings (SSSR count). The average molecular weight is 350 g/mol. The maximum atomic E-state index is 13.1. The molecule has 3 heterocycles. The lowest BCUT2D eigenvalue weighted by Gasteiger charge is -2.23. The van der Waals surface area contributed by atoms with E-state index in [0.29, 0.717) is 30.3 Å². The topological polar surface area (TPSA) is 93.0 Å². The van der Waals surface area contributed by atoms with E-state index < -0.39 is 10.0 Å². The molecule has 0 amide bonds. The summed E-state index contributed by atoms with van der Waals surface area (Å²) in [7, 11) is -1.85. The lowest BCUT2D eigenvalue weighted by molar-refractivity contribution is 0.389. The van der Waals surface area contributed by atoms with Crippen molar-refractivity contribution in [2.45, 2.75) is 44.2 Å². The third kappa shape index (κ3) is 2.78. The molecule has 1 saturated heterocycles. The molecule has 0 radical (unpaired) electrons. The zero-order valence-corrected chi connectivity index (χ0v) is 14.9. The van der Waals surface area contributed by atoms with Gasteiger partial charge in [0, 0.05) is 20.1 Å². The molecule has 130 valence electrons. The minimum Gasteiger partial charge on any atom is -0.372 e. The van der Waals surface area contributed by atoms with Gasteiger partial charge in [-0.2, -0.15) is 9.40 Å². The summed E-state index contributed by atoms with van der Waals surface area (Å²) in [4.78, 5) is 8.91. The Hall–Kier alpha value is -2.00. The molecule has 8 nitrogen and oxygen atoms in total. The minimum absolute atomic E-state index is 0.272. The van der Waals surface area contributed by atoms with Crippen molar-refractivity contribution >= 4 is 15.8 Å². The van der Waals surface area contributed by atoms with Crippen LogP contribution in [0.25, 0.3) is 0 Å². The van der Waals surface area contributed by atoms with E-state index in [1.54, 1.807) is 31.0 Å². The molecular formula is C15H22N6O2S. The summed E-state index contributed by atoms with van der Waals surface area (Å²) in [5, 5.41) is 7.11. The summed E-state index contributed by atoms with van der Waals surface area (Å²) in [6.45, 7) is 4.85. The van der Waals surface area contributed by atoms with Crippen LogP contribution in [0.3, 0.4) is 0 Å². The molecule has 1 N–H and O–H groups in total. The molecule has 2 aromatic heterocycles. The van der Waals surface area contributed by atoms with Crippen LogP contribution in [0.2, 0.25) is 0 Å². The maximum absolute atomic E-state index is 13.1. The van der Waals surface area contributed by atoms with E-state index in [2.05, 4.69) is 20.4 Å². The van der Waals surface area contributed by atoms with Crippen molar-refractivity contribution in [3.8, 4) is 0 Å². The fraction of sp³-hybridized carbons (Fsp3) is 0.533. The van der Waals surface area contributed by atoms with Gasteiger partial charge in [0.25, 0.3) is 0 Å². The smallest absolute Gasteiger partial charge is 0.247 e. The lowest BCUT2D eigenvalue weighted by atomic mass is 10.2. The first-order valence-electron chi connectivity index (χ1n) is 8.03. The van der Waals surface area contributed by atoms with Crippen LogP contribution in [-0.4, -0.2) is 46.1 Å². The molecule has 2 aromatic rings. The third-order valence-corrected chi connectivity index (χ3v) is 6.41. The number of sulfonamides is 1. The highest BCUT2D eigenvalue weighted by atomic mass is 32.2. The zero-order chi connectivity index (χ0) is 17.3. The normalized spacial score (nSPS) is 18.9. The Bertz CT molecular complexity index is 832. The van der Waals surface area contributed by atoms with Crippen LogP contribution in [0.15, 0.2) is 23.5 Å². The number of aryl methyl sites for hydroxylation is 1. The van der Waals surface area contributed by atoms with Crippen molar-refractivity contribution in [3.05, 3.63) is 30.0 Å². The van der Waals surface area contributed by atoms with E-state index in [0.717, 1.165) is 12.8 Å². The van der Waals surface area contributed by atoms with Crippen molar-refractivity contribution < 1.29 is 8.42 Å². The van der Waals surface area contributed by atoms with Gasteiger partial charge in [0.1, 0.15) is 10.7 Å². The van der Waals surface area contributed by atoms with E-state index in [1.807, 2.05) is 6.92 Å². The Morgan fingerprint density at radius 2 is 2.12 bits per heavy atom. The predicted molar refractivity (Wildman–Crippen MR) is 90.1 cm³/mol. The molecule has 1 aliphatic rings. The van der Waals surface area contributed by atoms with Gasteiger partial charge < -0.3 is 5.32 Å². The van der Waals surface area contributed by atoms with E-state index >= 15 is 0 Å². The zero-order valence-electron chi connectivity index (χ0n) is 14.1. The Morgan fingerprint density at radius 3 is 2.79 bits per heavy atom. The highest BCUT2D eigenvalue weighted by Crippen LogP contribution is 2.36. The molecule has 1 fully saturated rings. The van der Waals surface area contributed by atoms with Crippen LogP contribution in [-0.2, 0) is 16.6 Å². The van der Waals surface area contributed by atoms with Crippen molar-refractivity contribution in [2.75, 3.05) is 18.9 Å². The van der Waals surface area contributed by atoms with E-state index in [-0.39, 0.29) is 10.9 Å². The van der Waals surface area contributed by atoms with Gasteiger partial charge in [-0.1, -0.05) is 0 Å². The van der Waals surface area contributed by atoms with E-state index in [4.69, 9.17) is 0 Å². The summed E-state index contributed by atoms with van der Waals surface area (Å²) in [6, 6.07) is -0.292. The molecule has 9 heteroatoms. The number of anilines is 1. The Morgan fingerprint density at radius 1 is 1.33 bits per heavy atom.